The lowest BCUT2D eigenvalue weighted by molar-refractivity contribution is 0.115. The number of rotatable bonds is 7. The maximum atomic E-state index is 3.56. The lowest BCUT2D eigenvalue weighted by Gasteiger charge is -2.37. The maximum absolute atomic E-state index is 3.56. The number of likely N-dealkylation sites (tertiary alicyclic amines) is 1. The van der Waals surface area contributed by atoms with E-state index in [1.807, 2.05) is 0 Å². The second-order valence-corrected chi connectivity index (χ2v) is 5.80. The predicted molar refractivity (Wildman–Crippen MR) is 75.5 cm³/mol. The summed E-state index contributed by atoms with van der Waals surface area (Å²) >= 11 is 0. The summed E-state index contributed by atoms with van der Waals surface area (Å²) in [6.07, 6.45) is 4.04. The van der Waals surface area contributed by atoms with Gasteiger partial charge in [0.2, 0.25) is 0 Å². The van der Waals surface area contributed by atoms with Crippen LogP contribution >= 0.6 is 0 Å². The van der Waals surface area contributed by atoms with Crippen LogP contribution in [0.3, 0.4) is 0 Å². The lowest BCUT2D eigenvalue weighted by atomic mass is 9.92. The van der Waals surface area contributed by atoms with Crippen LogP contribution < -0.4 is 5.32 Å². The van der Waals surface area contributed by atoms with Crippen molar-refractivity contribution in [2.24, 2.45) is 5.92 Å². The van der Waals surface area contributed by atoms with Gasteiger partial charge in [0.1, 0.15) is 0 Å². The van der Waals surface area contributed by atoms with E-state index < -0.39 is 0 Å². The molecular formula is C14H31N3. The highest BCUT2D eigenvalue weighted by Gasteiger charge is 2.23. The average Bonchev–Trinajstić information content (AvgIpc) is 2.28. The number of hydrogen-bond acceptors (Lipinski definition) is 3. The summed E-state index contributed by atoms with van der Waals surface area (Å²) in [5.74, 6) is 0.873. The summed E-state index contributed by atoms with van der Waals surface area (Å²) in [5.41, 5.74) is 0. The largest absolute Gasteiger partial charge is 0.315 e. The van der Waals surface area contributed by atoms with Crippen LogP contribution in [0.15, 0.2) is 0 Å². The van der Waals surface area contributed by atoms with Gasteiger partial charge in [-0.05, 0) is 65.8 Å². The Morgan fingerprint density at radius 1 is 1.24 bits per heavy atom. The van der Waals surface area contributed by atoms with E-state index in [-0.39, 0.29) is 0 Å². The fraction of sp³-hybridized carbons (Fsp3) is 1.00. The SMILES string of the molecule is CC1CCCN(CCNCCCN(C)C)C1C. The minimum atomic E-state index is 0.771. The Bertz CT molecular complexity index is 194. The molecule has 1 fully saturated rings. The molecule has 2 unspecified atom stereocenters. The normalized spacial score (nSPS) is 26.6. The van der Waals surface area contributed by atoms with Crippen molar-refractivity contribution in [3.05, 3.63) is 0 Å². The van der Waals surface area contributed by atoms with E-state index in [0.717, 1.165) is 25.0 Å². The number of nitrogens with zero attached hydrogens (tertiary/aromatic N) is 2. The standard InChI is InChI=1S/C14H31N3/c1-13-7-5-11-17(14(13)2)12-9-15-8-6-10-16(3)4/h13-15H,5-12H2,1-4H3. The molecule has 0 amide bonds. The highest BCUT2D eigenvalue weighted by atomic mass is 15.2. The van der Waals surface area contributed by atoms with Crippen LogP contribution in [0, 0.1) is 5.92 Å². The Hall–Kier alpha value is -0.120. The summed E-state index contributed by atoms with van der Waals surface area (Å²) in [4.78, 5) is 4.89. The summed E-state index contributed by atoms with van der Waals surface area (Å²) in [6, 6.07) is 0.771. The van der Waals surface area contributed by atoms with E-state index in [1.54, 1.807) is 0 Å². The molecule has 1 rings (SSSR count). The van der Waals surface area contributed by atoms with Gasteiger partial charge in [0.25, 0.3) is 0 Å². The molecule has 2 atom stereocenters. The summed E-state index contributed by atoms with van der Waals surface area (Å²) in [7, 11) is 4.27. The van der Waals surface area contributed by atoms with Gasteiger partial charge in [-0.25, -0.2) is 0 Å². The first-order valence-corrected chi connectivity index (χ1v) is 7.20. The molecule has 3 nitrogen and oxygen atoms in total. The summed E-state index contributed by atoms with van der Waals surface area (Å²) in [5, 5.41) is 3.56. The van der Waals surface area contributed by atoms with Crippen LogP contribution in [-0.2, 0) is 0 Å². The fourth-order valence-electron chi connectivity index (χ4n) is 2.60. The van der Waals surface area contributed by atoms with Gasteiger partial charge in [-0.1, -0.05) is 6.92 Å². The van der Waals surface area contributed by atoms with Crippen molar-refractivity contribution in [2.45, 2.75) is 39.2 Å². The molecule has 0 aromatic heterocycles. The second kappa shape index (κ2) is 8.06. The van der Waals surface area contributed by atoms with E-state index in [9.17, 15) is 0 Å². The highest BCUT2D eigenvalue weighted by Crippen LogP contribution is 2.21. The van der Waals surface area contributed by atoms with Crippen LogP contribution in [0.25, 0.3) is 0 Å². The second-order valence-electron chi connectivity index (χ2n) is 5.80. The van der Waals surface area contributed by atoms with E-state index in [1.165, 1.54) is 38.9 Å². The van der Waals surface area contributed by atoms with E-state index in [2.05, 4.69) is 43.1 Å². The van der Waals surface area contributed by atoms with Crippen molar-refractivity contribution in [3.63, 3.8) is 0 Å². The summed E-state index contributed by atoms with van der Waals surface area (Å²) < 4.78 is 0. The van der Waals surface area contributed by atoms with Crippen molar-refractivity contribution >= 4 is 0 Å². The molecule has 0 spiro atoms. The molecule has 0 bridgehead atoms. The number of hydrogen-bond donors (Lipinski definition) is 1. The van der Waals surface area contributed by atoms with Gasteiger partial charge in [0.05, 0.1) is 0 Å². The molecule has 0 saturated carbocycles. The Morgan fingerprint density at radius 2 is 2.00 bits per heavy atom. The van der Waals surface area contributed by atoms with Crippen LogP contribution in [0.5, 0.6) is 0 Å². The Morgan fingerprint density at radius 3 is 2.71 bits per heavy atom. The van der Waals surface area contributed by atoms with Crippen LogP contribution in [0.4, 0.5) is 0 Å². The third kappa shape index (κ3) is 5.84. The Labute approximate surface area is 108 Å². The van der Waals surface area contributed by atoms with Crippen LogP contribution in [0.2, 0.25) is 0 Å². The molecule has 102 valence electrons. The molecular weight excluding hydrogens is 210 g/mol. The van der Waals surface area contributed by atoms with Gasteiger partial charge in [0.15, 0.2) is 0 Å². The zero-order chi connectivity index (χ0) is 12.7. The maximum Gasteiger partial charge on any atom is 0.0110 e. The van der Waals surface area contributed by atoms with Crippen molar-refractivity contribution in [1.29, 1.82) is 0 Å². The summed E-state index contributed by atoms with van der Waals surface area (Å²) in [6.45, 7) is 10.8. The molecule has 0 aliphatic carbocycles. The Kier molecular flexibility index (Phi) is 7.09. The van der Waals surface area contributed by atoms with Crippen molar-refractivity contribution in [1.82, 2.24) is 15.1 Å². The van der Waals surface area contributed by atoms with E-state index >= 15 is 0 Å². The van der Waals surface area contributed by atoms with Crippen molar-refractivity contribution in [2.75, 3.05) is 46.8 Å². The fourth-order valence-corrected chi connectivity index (χ4v) is 2.60. The van der Waals surface area contributed by atoms with E-state index in [4.69, 9.17) is 0 Å². The number of piperidine rings is 1. The van der Waals surface area contributed by atoms with Gasteiger partial charge in [0, 0.05) is 19.1 Å². The van der Waals surface area contributed by atoms with Gasteiger partial charge in [-0.2, -0.15) is 0 Å². The molecule has 0 aromatic carbocycles. The molecule has 17 heavy (non-hydrogen) atoms. The first kappa shape index (κ1) is 14.9. The molecule has 1 heterocycles. The van der Waals surface area contributed by atoms with Crippen molar-refractivity contribution in [3.8, 4) is 0 Å². The van der Waals surface area contributed by atoms with Crippen molar-refractivity contribution < 1.29 is 0 Å². The van der Waals surface area contributed by atoms with Crippen LogP contribution in [-0.4, -0.2) is 62.7 Å². The average molecular weight is 241 g/mol. The minimum absolute atomic E-state index is 0.771. The lowest BCUT2D eigenvalue weighted by Crippen LogP contribution is -2.45. The smallest absolute Gasteiger partial charge is 0.0110 e. The quantitative estimate of drug-likeness (QED) is 0.684. The topological polar surface area (TPSA) is 18.5 Å². The van der Waals surface area contributed by atoms with Gasteiger partial charge < -0.3 is 10.2 Å². The molecule has 1 aliphatic heterocycles. The van der Waals surface area contributed by atoms with Gasteiger partial charge in [-0.15, -0.1) is 0 Å². The van der Waals surface area contributed by atoms with Crippen LogP contribution in [0.1, 0.15) is 33.1 Å². The Balaban J connectivity index is 2.02. The molecule has 1 N–H and O–H groups in total. The molecule has 1 aliphatic rings. The van der Waals surface area contributed by atoms with E-state index in [0.29, 0.717) is 0 Å². The molecule has 0 radical (unpaired) electrons. The minimum Gasteiger partial charge on any atom is -0.315 e. The van der Waals surface area contributed by atoms with Gasteiger partial charge in [-0.3, -0.25) is 4.90 Å². The zero-order valence-electron chi connectivity index (χ0n) is 12.2. The first-order chi connectivity index (χ1) is 8.11. The molecule has 1 saturated heterocycles. The first-order valence-electron chi connectivity index (χ1n) is 7.20. The third-order valence-corrected chi connectivity index (χ3v) is 4.04. The molecule has 0 aromatic rings. The molecule has 3 heteroatoms. The third-order valence-electron chi connectivity index (χ3n) is 4.04. The van der Waals surface area contributed by atoms with Gasteiger partial charge >= 0.3 is 0 Å². The zero-order valence-corrected chi connectivity index (χ0v) is 12.2. The monoisotopic (exact) mass is 241 g/mol. The highest BCUT2D eigenvalue weighted by molar-refractivity contribution is 4.78. The predicted octanol–water partition coefficient (Wildman–Crippen LogP) is 1.65. The number of nitrogens with one attached hydrogen (secondary N) is 1.